The third-order valence-corrected chi connectivity index (χ3v) is 10.0. The van der Waals surface area contributed by atoms with Crippen LogP contribution in [0.25, 0.3) is 0 Å². The normalized spacial score (nSPS) is 37.3. The quantitative estimate of drug-likeness (QED) is 0.555. The summed E-state index contributed by atoms with van der Waals surface area (Å²) >= 11 is 0. The van der Waals surface area contributed by atoms with Crippen LogP contribution in [0.2, 0.25) is 0 Å². The molecule has 1 N–H and O–H groups in total. The average Bonchev–Trinajstić information content (AvgIpc) is 3.15. The third-order valence-electron chi connectivity index (χ3n) is 10.0. The summed E-state index contributed by atoms with van der Waals surface area (Å²) in [6, 6.07) is 6.51. The van der Waals surface area contributed by atoms with Crippen molar-refractivity contribution in [1.82, 2.24) is 0 Å². The van der Waals surface area contributed by atoms with E-state index in [1.54, 1.807) is 12.1 Å². The van der Waals surface area contributed by atoms with Gasteiger partial charge in [-0.2, -0.15) is 0 Å². The van der Waals surface area contributed by atoms with Crippen LogP contribution in [-0.4, -0.2) is 16.9 Å². The Balaban J connectivity index is 1.32. The first-order valence-corrected chi connectivity index (χ1v) is 12.6. The lowest BCUT2D eigenvalue weighted by molar-refractivity contribution is -0.133. The zero-order chi connectivity index (χ0) is 23.4. The molecule has 0 aliphatic heterocycles. The van der Waals surface area contributed by atoms with Crippen LogP contribution in [0.1, 0.15) is 70.8 Å². The SMILES string of the molecule is C[C@]12CCC(C(=O)O)=CC1=CC[C@@H]1[C@H]2CC[C@]2(C)C(C(=O)CCc3ccc(F)cc3)CC[C@@H]12. The summed E-state index contributed by atoms with van der Waals surface area (Å²) in [5, 5.41) is 9.47. The number of carboxylic acids is 1. The second-order valence-electron chi connectivity index (χ2n) is 11.4. The van der Waals surface area contributed by atoms with E-state index < -0.39 is 5.97 Å². The van der Waals surface area contributed by atoms with Crippen LogP contribution in [0.15, 0.2) is 47.6 Å². The molecule has 5 rings (SSSR count). The topological polar surface area (TPSA) is 54.4 Å². The smallest absolute Gasteiger partial charge is 0.331 e. The van der Waals surface area contributed by atoms with E-state index in [0.29, 0.717) is 48.4 Å². The lowest BCUT2D eigenvalue weighted by Crippen LogP contribution is -2.50. The summed E-state index contributed by atoms with van der Waals surface area (Å²) in [5.41, 5.74) is 2.94. The number of fused-ring (bicyclic) bond motifs is 5. The molecule has 2 fully saturated rings. The Morgan fingerprint density at radius 2 is 1.82 bits per heavy atom. The van der Waals surface area contributed by atoms with E-state index in [-0.39, 0.29) is 22.6 Å². The van der Waals surface area contributed by atoms with Gasteiger partial charge in [-0.05, 0) is 109 Å². The number of carbonyl (C=O) groups excluding carboxylic acids is 1. The first-order valence-electron chi connectivity index (χ1n) is 12.6. The minimum absolute atomic E-state index is 0.0634. The molecule has 33 heavy (non-hydrogen) atoms. The lowest BCUT2D eigenvalue weighted by atomic mass is 9.47. The van der Waals surface area contributed by atoms with Gasteiger partial charge in [0, 0.05) is 17.9 Å². The van der Waals surface area contributed by atoms with Crippen molar-refractivity contribution >= 4 is 11.8 Å². The standard InChI is InChI=1S/C29H35FO3/c1-28-15-13-19(27(32)33)17-20(28)6-9-22-23-10-11-25(29(23,2)16-14-24(22)28)26(31)12-5-18-3-7-21(30)8-4-18/h3-4,6-8,17,22-25H,5,9-16H2,1-2H3,(H,32,33)/t22-,23-,24+,25?,28-,29-/m0/s1. The molecule has 0 aromatic heterocycles. The zero-order valence-corrected chi connectivity index (χ0v) is 19.8. The van der Waals surface area contributed by atoms with Gasteiger partial charge < -0.3 is 5.11 Å². The minimum Gasteiger partial charge on any atom is -0.478 e. The number of carboxylic acid groups (broad SMARTS) is 1. The molecule has 0 spiro atoms. The number of aryl methyl sites for hydroxylation is 1. The van der Waals surface area contributed by atoms with E-state index >= 15 is 0 Å². The maximum Gasteiger partial charge on any atom is 0.331 e. The van der Waals surface area contributed by atoms with Gasteiger partial charge in [0.2, 0.25) is 0 Å². The second kappa shape index (κ2) is 8.21. The highest BCUT2D eigenvalue weighted by molar-refractivity contribution is 5.87. The van der Waals surface area contributed by atoms with Gasteiger partial charge >= 0.3 is 5.97 Å². The van der Waals surface area contributed by atoms with Crippen LogP contribution in [0, 0.1) is 40.3 Å². The van der Waals surface area contributed by atoms with Crippen molar-refractivity contribution < 1.29 is 19.1 Å². The second-order valence-corrected chi connectivity index (χ2v) is 11.4. The Morgan fingerprint density at radius 1 is 1.06 bits per heavy atom. The molecule has 176 valence electrons. The highest BCUT2D eigenvalue weighted by Gasteiger charge is 2.59. The predicted molar refractivity (Wildman–Crippen MR) is 126 cm³/mol. The molecule has 0 bridgehead atoms. The summed E-state index contributed by atoms with van der Waals surface area (Å²) in [6.07, 6.45) is 12.4. The van der Waals surface area contributed by atoms with Crippen LogP contribution >= 0.6 is 0 Å². The number of benzene rings is 1. The fourth-order valence-electron chi connectivity index (χ4n) is 8.12. The van der Waals surface area contributed by atoms with Gasteiger partial charge in [0.25, 0.3) is 0 Å². The molecular weight excluding hydrogens is 415 g/mol. The first kappa shape index (κ1) is 22.6. The number of hydrogen-bond acceptors (Lipinski definition) is 2. The van der Waals surface area contributed by atoms with Crippen LogP contribution < -0.4 is 0 Å². The van der Waals surface area contributed by atoms with Gasteiger partial charge in [-0.25, -0.2) is 9.18 Å². The molecule has 4 aliphatic rings. The fourth-order valence-corrected chi connectivity index (χ4v) is 8.12. The maximum absolute atomic E-state index is 13.3. The molecule has 2 saturated carbocycles. The Morgan fingerprint density at radius 3 is 2.55 bits per heavy atom. The zero-order valence-electron chi connectivity index (χ0n) is 19.8. The van der Waals surface area contributed by atoms with Crippen LogP contribution in [0.3, 0.4) is 0 Å². The van der Waals surface area contributed by atoms with E-state index in [2.05, 4.69) is 19.9 Å². The lowest BCUT2D eigenvalue weighted by Gasteiger charge is -2.57. The number of aliphatic carboxylic acids is 1. The molecule has 1 aromatic rings. The molecule has 4 aliphatic carbocycles. The van der Waals surface area contributed by atoms with Crippen molar-refractivity contribution in [3.05, 3.63) is 58.9 Å². The molecule has 1 unspecified atom stereocenters. The van der Waals surface area contributed by atoms with Crippen molar-refractivity contribution in [2.75, 3.05) is 0 Å². The van der Waals surface area contributed by atoms with E-state index in [0.717, 1.165) is 44.1 Å². The number of rotatable bonds is 5. The van der Waals surface area contributed by atoms with Gasteiger partial charge in [0.1, 0.15) is 11.6 Å². The van der Waals surface area contributed by atoms with Gasteiger partial charge in [-0.1, -0.05) is 32.1 Å². The molecule has 0 radical (unpaired) electrons. The highest BCUT2D eigenvalue weighted by atomic mass is 19.1. The Kier molecular flexibility index (Phi) is 5.61. The number of hydrogen-bond donors (Lipinski definition) is 1. The average molecular weight is 451 g/mol. The predicted octanol–water partition coefficient (Wildman–Crippen LogP) is 6.53. The monoisotopic (exact) mass is 450 g/mol. The van der Waals surface area contributed by atoms with Crippen molar-refractivity contribution in [2.45, 2.75) is 71.6 Å². The third kappa shape index (κ3) is 3.70. The van der Waals surface area contributed by atoms with Crippen molar-refractivity contribution in [2.24, 2.45) is 34.5 Å². The number of ketones is 1. The summed E-state index contributed by atoms with van der Waals surface area (Å²) in [6.45, 7) is 4.72. The molecule has 4 heteroatoms. The van der Waals surface area contributed by atoms with Gasteiger partial charge in [-0.15, -0.1) is 0 Å². The summed E-state index contributed by atoms with van der Waals surface area (Å²) < 4.78 is 13.2. The van der Waals surface area contributed by atoms with Crippen LogP contribution in [0.4, 0.5) is 4.39 Å². The molecule has 6 atom stereocenters. The molecule has 0 heterocycles. The van der Waals surface area contributed by atoms with Crippen molar-refractivity contribution in [3.63, 3.8) is 0 Å². The molecule has 3 nitrogen and oxygen atoms in total. The van der Waals surface area contributed by atoms with Crippen LogP contribution in [0.5, 0.6) is 0 Å². The van der Waals surface area contributed by atoms with Crippen molar-refractivity contribution in [3.8, 4) is 0 Å². The van der Waals surface area contributed by atoms with E-state index in [1.165, 1.54) is 17.7 Å². The number of allylic oxidation sites excluding steroid dienone is 3. The van der Waals surface area contributed by atoms with Crippen LogP contribution in [-0.2, 0) is 16.0 Å². The summed E-state index contributed by atoms with van der Waals surface area (Å²) in [4.78, 5) is 24.9. The summed E-state index contributed by atoms with van der Waals surface area (Å²) in [5.74, 6) is 1.23. The van der Waals surface area contributed by atoms with E-state index in [1.807, 2.05) is 6.08 Å². The highest BCUT2D eigenvalue weighted by Crippen LogP contribution is 2.66. The Labute approximate surface area is 196 Å². The van der Waals surface area contributed by atoms with Gasteiger partial charge in [0.15, 0.2) is 0 Å². The minimum atomic E-state index is -0.783. The number of Topliss-reactive ketones (excluding diaryl/α,β-unsaturated/α-hetero) is 1. The largest absolute Gasteiger partial charge is 0.478 e. The van der Waals surface area contributed by atoms with E-state index in [4.69, 9.17) is 0 Å². The van der Waals surface area contributed by atoms with Gasteiger partial charge in [-0.3, -0.25) is 4.79 Å². The Hall–Kier alpha value is -2.23. The fraction of sp³-hybridized carbons (Fsp3) is 0.586. The molecular formula is C29H35FO3. The van der Waals surface area contributed by atoms with E-state index in [9.17, 15) is 19.1 Å². The maximum atomic E-state index is 13.3. The molecule has 0 saturated heterocycles. The van der Waals surface area contributed by atoms with Crippen molar-refractivity contribution in [1.29, 1.82) is 0 Å². The number of halogens is 1. The van der Waals surface area contributed by atoms with Gasteiger partial charge in [0.05, 0.1) is 0 Å². The number of carbonyl (C=O) groups is 2. The summed E-state index contributed by atoms with van der Waals surface area (Å²) in [7, 11) is 0. The Bertz CT molecular complexity index is 1020. The molecule has 1 aromatic carbocycles. The molecule has 0 amide bonds. The first-order chi connectivity index (χ1) is 15.7.